The van der Waals surface area contributed by atoms with E-state index in [-0.39, 0.29) is 36.7 Å². The van der Waals surface area contributed by atoms with Crippen LogP contribution in [0.1, 0.15) is 60.0 Å². The molecule has 3 amide bonds. The van der Waals surface area contributed by atoms with Crippen LogP contribution in [-0.2, 0) is 16.0 Å². The fraction of sp³-hybridized carbons (Fsp3) is 0.370. The first-order valence-electron chi connectivity index (χ1n) is 12.1. The number of rotatable bonds is 10. The van der Waals surface area contributed by atoms with Gasteiger partial charge in [-0.1, -0.05) is 49.6 Å². The molecule has 2 N–H and O–H groups in total. The molecule has 1 aliphatic carbocycles. The summed E-state index contributed by atoms with van der Waals surface area (Å²) in [7, 11) is 0. The van der Waals surface area contributed by atoms with Crippen LogP contribution in [0.25, 0.3) is 0 Å². The van der Waals surface area contributed by atoms with Crippen molar-refractivity contribution in [1.82, 2.24) is 15.5 Å². The molecule has 2 heterocycles. The summed E-state index contributed by atoms with van der Waals surface area (Å²) < 4.78 is 10.7. The van der Waals surface area contributed by atoms with Gasteiger partial charge in [-0.25, -0.2) is 0 Å². The minimum atomic E-state index is -0.941. The molecule has 0 aliphatic heterocycles. The average Bonchev–Trinajstić information content (AvgIpc) is 3.61. The summed E-state index contributed by atoms with van der Waals surface area (Å²) >= 11 is 0. The van der Waals surface area contributed by atoms with Gasteiger partial charge in [-0.05, 0) is 49.1 Å². The molecule has 0 radical (unpaired) electrons. The number of benzene rings is 1. The minimum Gasteiger partial charge on any atom is -0.467 e. The summed E-state index contributed by atoms with van der Waals surface area (Å²) in [6.45, 7) is 0.00512. The van der Waals surface area contributed by atoms with Crippen LogP contribution < -0.4 is 10.6 Å². The molecule has 0 bridgehead atoms. The Morgan fingerprint density at radius 3 is 2.34 bits per heavy atom. The zero-order valence-corrected chi connectivity index (χ0v) is 19.7. The number of amides is 3. The maximum absolute atomic E-state index is 13.5. The van der Waals surface area contributed by atoms with E-state index in [1.165, 1.54) is 29.9 Å². The van der Waals surface area contributed by atoms with Gasteiger partial charge in [-0.15, -0.1) is 0 Å². The van der Waals surface area contributed by atoms with E-state index >= 15 is 0 Å². The van der Waals surface area contributed by atoms with Gasteiger partial charge in [0.2, 0.25) is 5.91 Å². The minimum absolute atomic E-state index is 0.0819. The van der Waals surface area contributed by atoms with E-state index in [2.05, 4.69) is 10.6 Å². The zero-order valence-electron chi connectivity index (χ0n) is 19.7. The molecule has 1 fully saturated rings. The molecule has 35 heavy (non-hydrogen) atoms. The molecule has 1 unspecified atom stereocenters. The lowest BCUT2D eigenvalue weighted by molar-refractivity contribution is -0.141. The maximum Gasteiger partial charge on any atom is 0.287 e. The highest BCUT2D eigenvalue weighted by Crippen LogP contribution is 2.25. The van der Waals surface area contributed by atoms with Crippen LogP contribution in [0.4, 0.5) is 0 Å². The normalized spacial score (nSPS) is 14.7. The first-order chi connectivity index (χ1) is 17.1. The molecule has 1 atom stereocenters. The van der Waals surface area contributed by atoms with Crippen LogP contribution in [-0.4, -0.2) is 41.8 Å². The molecule has 1 aliphatic rings. The Bertz CT molecular complexity index is 1070. The highest BCUT2D eigenvalue weighted by Gasteiger charge is 2.34. The van der Waals surface area contributed by atoms with Gasteiger partial charge in [0.1, 0.15) is 5.76 Å². The Balaban J connectivity index is 1.54. The summed E-state index contributed by atoms with van der Waals surface area (Å²) in [6.07, 6.45) is 8.61. The zero-order chi connectivity index (χ0) is 24.5. The van der Waals surface area contributed by atoms with Crippen LogP contribution in [0.5, 0.6) is 0 Å². The Kier molecular flexibility index (Phi) is 8.38. The van der Waals surface area contributed by atoms with Crippen LogP contribution in [0.15, 0.2) is 76.0 Å². The van der Waals surface area contributed by atoms with E-state index in [9.17, 15) is 14.4 Å². The Morgan fingerprint density at radius 1 is 0.914 bits per heavy atom. The van der Waals surface area contributed by atoms with Crippen LogP contribution >= 0.6 is 0 Å². The summed E-state index contributed by atoms with van der Waals surface area (Å²) in [5.74, 6) is -0.650. The molecular formula is C27H31N3O5. The molecule has 1 saturated carbocycles. The molecule has 3 aromatic rings. The number of carbonyl (C=O) groups is 3. The van der Waals surface area contributed by atoms with Crippen LogP contribution in [0.3, 0.4) is 0 Å². The molecule has 0 saturated heterocycles. The Hall–Kier alpha value is -3.81. The van der Waals surface area contributed by atoms with Gasteiger partial charge in [0.25, 0.3) is 11.8 Å². The average molecular weight is 478 g/mol. The number of hydrogen-bond donors (Lipinski definition) is 2. The number of furan rings is 2. The fourth-order valence-corrected chi connectivity index (χ4v) is 4.44. The third kappa shape index (κ3) is 6.62. The van der Waals surface area contributed by atoms with Crippen molar-refractivity contribution in [2.45, 2.75) is 50.6 Å². The Morgan fingerprint density at radius 2 is 1.66 bits per heavy atom. The van der Waals surface area contributed by atoms with Gasteiger partial charge in [-0.2, -0.15) is 0 Å². The van der Waals surface area contributed by atoms with E-state index < -0.39 is 11.9 Å². The summed E-state index contributed by atoms with van der Waals surface area (Å²) in [6, 6.07) is 15.4. The second-order valence-corrected chi connectivity index (χ2v) is 8.74. The van der Waals surface area contributed by atoms with Crippen molar-refractivity contribution in [3.8, 4) is 0 Å². The molecular weight excluding hydrogens is 446 g/mol. The van der Waals surface area contributed by atoms with Crippen molar-refractivity contribution < 1.29 is 23.2 Å². The second-order valence-electron chi connectivity index (χ2n) is 8.74. The number of nitrogens with one attached hydrogen (secondary N) is 2. The molecule has 0 spiro atoms. The third-order valence-electron chi connectivity index (χ3n) is 6.27. The molecule has 2 aromatic heterocycles. The number of nitrogens with zero attached hydrogens (tertiary/aromatic N) is 1. The summed E-state index contributed by atoms with van der Waals surface area (Å²) in [5.41, 5.74) is 1.04. The molecule has 4 rings (SSSR count). The van der Waals surface area contributed by atoms with Gasteiger partial charge in [0.05, 0.1) is 19.1 Å². The molecule has 184 valence electrons. The van der Waals surface area contributed by atoms with Crippen molar-refractivity contribution in [2.75, 3.05) is 13.1 Å². The SMILES string of the molecule is O=C(NCC(=O)N(CCc1ccccc1)C(C(=O)NC1CCCCC1)c1ccco1)c1ccco1. The predicted molar refractivity (Wildman–Crippen MR) is 129 cm³/mol. The fourth-order valence-electron chi connectivity index (χ4n) is 4.44. The van der Waals surface area contributed by atoms with Gasteiger partial charge in [-0.3, -0.25) is 14.4 Å². The Labute approximate surface area is 204 Å². The maximum atomic E-state index is 13.5. The first-order valence-corrected chi connectivity index (χ1v) is 12.1. The van der Waals surface area contributed by atoms with Crippen molar-refractivity contribution in [3.05, 3.63) is 84.2 Å². The van der Waals surface area contributed by atoms with Crippen molar-refractivity contribution in [3.63, 3.8) is 0 Å². The smallest absolute Gasteiger partial charge is 0.287 e. The lowest BCUT2D eigenvalue weighted by Crippen LogP contribution is -2.50. The van der Waals surface area contributed by atoms with E-state index in [1.807, 2.05) is 30.3 Å². The number of hydrogen-bond acceptors (Lipinski definition) is 5. The molecule has 8 nitrogen and oxygen atoms in total. The van der Waals surface area contributed by atoms with E-state index in [0.29, 0.717) is 12.2 Å². The largest absolute Gasteiger partial charge is 0.467 e. The van der Waals surface area contributed by atoms with E-state index in [4.69, 9.17) is 8.83 Å². The molecule has 8 heteroatoms. The topological polar surface area (TPSA) is 105 Å². The third-order valence-corrected chi connectivity index (χ3v) is 6.27. The van der Waals surface area contributed by atoms with E-state index in [0.717, 1.165) is 31.2 Å². The standard InChI is InChI=1S/C27H31N3O5/c31-24(19-28-26(32)23-14-8-18-35-23)30(16-15-20-9-3-1-4-10-20)25(22-13-7-17-34-22)27(33)29-21-11-5-2-6-12-21/h1,3-4,7-10,13-14,17-18,21,25H,2,5-6,11-12,15-16,19H2,(H,28,32)(H,29,33). The van der Waals surface area contributed by atoms with Gasteiger partial charge >= 0.3 is 0 Å². The van der Waals surface area contributed by atoms with Crippen molar-refractivity contribution >= 4 is 17.7 Å². The summed E-state index contributed by atoms with van der Waals surface area (Å²) in [4.78, 5) is 40.8. The van der Waals surface area contributed by atoms with E-state index in [1.54, 1.807) is 18.2 Å². The summed E-state index contributed by atoms with van der Waals surface area (Å²) in [5, 5.41) is 5.73. The first kappa shape index (κ1) is 24.3. The second kappa shape index (κ2) is 12.1. The van der Waals surface area contributed by atoms with Crippen molar-refractivity contribution in [1.29, 1.82) is 0 Å². The highest BCUT2D eigenvalue weighted by atomic mass is 16.3. The number of carbonyl (C=O) groups excluding carboxylic acids is 3. The monoisotopic (exact) mass is 477 g/mol. The molecule has 1 aromatic carbocycles. The highest BCUT2D eigenvalue weighted by molar-refractivity contribution is 5.95. The van der Waals surface area contributed by atoms with Gasteiger partial charge in [0, 0.05) is 12.6 Å². The van der Waals surface area contributed by atoms with Gasteiger partial charge < -0.3 is 24.4 Å². The lowest BCUT2D eigenvalue weighted by atomic mass is 9.95. The quantitative estimate of drug-likeness (QED) is 0.461. The van der Waals surface area contributed by atoms with Gasteiger partial charge in [0.15, 0.2) is 11.8 Å². The van der Waals surface area contributed by atoms with Crippen LogP contribution in [0, 0.1) is 0 Å². The van der Waals surface area contributed by atoms with Crippen LogP contribution in [0.2, 0.25) is 0 Å². The van der Waals surface area contributed by atoms with Crippen molar-refractivity contribution in [2.24, 2.45) is 0 Å². The predicted octanol–water partition coefficient (Wildman–Crippen LogP) is 3.86. The lowest BCUT2D eigenvalue weighted by Gasteiger charge is -2.32.